The first-order valence-corrected chi connectivity index (χ1v) is 6.44. The zero-order valence-electron chi connectivity index (χ0n) is 13.4. The lowest BCUT2D eigenvalue weighted by atomic mass is 9.96. The molecule has 0 heterocycles. The molecule has 0 spiro atoms. The molecular formula is C14H33N2O+. The predicted octanol–water partition coefficient (Wildman–Crippen LogP) is 2.77. The van der Waals surface area contributed by atoms with E-state index in [0.717, 1.165) is 17.8 Å². The van der Waals surface area contributed by atoms with Crippen molar-refractivity contribution in [2.45, 2.75) is 47.1 Å². The van der Waals surface area contributed by atoms with Crippen molar-refractivity contribution in [3.63, 3.8) is 0 Å². The molecule has 17 heavy (non-hydrogen) atoms. The molecule has 0 radical (unpaired) electrons. The average Bonchev–Trinajstić information content (AvgIpc) is 1.97. The number of nitrogens with zero attached hydrogens (tertiary/aromatic N) is 2. The molecule has 0 aromatic carbocycles. The van der Waals surface area contributed by atoms with Crippen molar-refractivity contribution in [1.82, 2.24) is 4.90 Å². The van der Waals surface area contributed by atoms with Gasteiger partial charge in [0.25, 0.3) is 0 Å². The van der Waals surface area contributed by atoms with Crippen LogP contribution in [0.4, 0.5) is 0 Å². The summed E-state index contributed by atoms with van der Waals surface area (Å²) in [7, 11) is 6.54. The number of rotatable bonds is 5. The van der Waals surface area contributed by atoms with Gasteiger partial charge in [-0.15, -0.1) is 0 Å². The summed E-state index contributed by atoms with van der Waals surface area (Å²) in [5.41, 5.74) is 0.537. The number of hydrogen-bond acceptors (Lipinski definition) is 2. The van der Waals surface area contributed by atoms with Crippen LogP contribution >= 0.6 is 0 Å². The highest BCUT2D eigenvalue weighted by atomic mass is 16.5. The van der Waals surface area contributed by atoms with Crippen LogP contribution in [0.2, 0.25) is 0 Å². The van der Waals surface area contributed by atoms with Crippen molar-refractivity contribution in [3.05, 3.63) is 0 Å². The van der Waals surface area contributed by atoms with Crippen LogP contribution in [0.3, 0.4) is 0 Å². The van der Waals surface area contributed by atoms with E-state index in [0.29, 0.717) is 12.1 Å². The SMILES string of the molecule is CN(COC[N+](C)(C)C(C)(C)C)CC(C)(C)C. The van der Waals surface area contributed by atoms with Crippen molar-refractivity contribution >= 4 is 0 Å². The Labute approximate surface area is 108 Å². The highest BCUT2D eigenvalue weighted by Gasteiger charge is 2.31. The molecule has 0 aromatic heterocycles. The fourth-order valence-corrected chi connectivity index (χ4v) is 1.47. The standard InChI is InChI=1S/C14H33N2O/c1-13(2,3)10-15(7)11-17-12-16(8,9)14(4,5)6/h10-12H2,1-9H3/q+1. The van der Waals surface area contributed by atoms with Crippen LogP contribution in [0, 0.1) is 5.41 Å². The van der Waals surface area contributed by atoms with Crippen LogP contribution in [0.1, 0.15) is 41.5 Å². The first kappa shape index (κ1) is 16.9. The minimum atomic E-state index is 0.211. The molecule has 0 N–H and O–H groups in total. The zero-order chi connectivity index (χ0) is 13.9. The van der Waals surface area contributed by atoms with Crippen molar-refractivity contribution < 1.29 is 9.22 Å². The lowest BCUT2D eigenvalue weighted by Gasteiger charge is -2.42. The summed E-state index contributed by atoms with van der Waals surface area (Å²) in [4.78, 5) is 2.24. The topological polar surface area (TPSA) is 12.5 Å². The summed E-state index contributed by atoms with van der Waals surface area (Å²) in [6.45, 7) is 16.0. The third-order valence-electron chi connectivity index (χ3n) is 3.29. The Bertz CT molecular complexity index is 223. The number of hydrogen-bond donors (Lipinski definition) is 0. The maximum absolute atomic E-state index is 5.83. The van der Waals surface area contributed by atoms with Gasteiger partial charge >= 0.3 is 0 Å². The van der Waals surface area contributed by atoms with Gasteiger partial charge in [0.05, 0.1) is 19.6 Å². The van der Waals surface area contributed by atoms with Crippen molar-refractivity contribution in [2.75, 3.05) is 41.1 Å². The molecular weight excluding hydrogens is 212 g/mol. The van der Waals surface area contributed by atoms with Crippen molar-refractivity contribution in [1.29, 1.82) is 0 Å². The Morgan fingerprint density at radius 2 is 1.47 bits per heavy atom. The molecule has 3 nitrogen and oxygen atoms in total. The maximum atomic E-state index is 5.83. The largest absolute Gasteiger partial charge is 0.316 e. The van der Waals surface area contributed by atoms with Crippen LogP contribution < -0.4 is 0 Å². The van der Waals surface area contributed by atoms with Gasteiger partial charge in [-0.2, -0.15) is 0 Å². The second-order valence-electron chi connectivity index (χ2n) is 7.89. The van der Waals surface area contributed by atoms with Gasteiger partial charge in [-0.05, 0) is 33.2 Å². The second-order valence-corrected chi connectivity index (χ2v) is 7.89. The van der Waals surface area contributed by atoms with Crippen LogP contribution in [0.25, 0.3) is 0 Å². The monoisotopic (exact) mass is 245 g/mol. The summed E-state index contributed by atoms with van der Waals surface area (Å²) in [6.07, 6.45) is 0. The van der Waals surface area contributed by atoms with Crippen molar-refractivity contribution in [2.24, 2.45) is 5.41 Å². The van der Waals surface area contributed by atoms with E-state index < -0.39 is 0 Å². The fraction of sp³-hybridized carbons (Fsp3) is 1.00. The average molecular weight is 245 g/mol. The molecule has 3 heteroatoms. The third-order valence-corrected chi connectivity index (χ3v) is 3.29. The van der Waals surface area contributed by atoms with E-state index in [1.54, 1.807) is 0 Å². The Hall–Kier alpha value is -0.120. The molecule has 0 rings (SSSR count). The highest BCUT2D eigenvalue weighted by molar-refractivity contribution is 4.64. The molecule has 0 atom stereocenters. The number of quaternary nitrogens is 1. The molecule has 0 bridgehead atoms. The van der Waals surface area contributed by atoms with E-state index in [-0.39, 0.29) is 5.54 Å². The van der Waals surface area contributed by atoms with Crippen LogP contribution in [-0.2, 0) is 4.74 Å². The highest BCUT2D eigenvalue weighted by Crippen LogP contribution is 2.19. The van der Waals surface area contributed by atoms with E-state index in [1.807, 2.05) is 0 Å². The maximum Gasteiger partial charge on any atom is 0.184 e. The molecule has 0 aliphatic carbocycles. The first-order valence-electron chi connectivity index (χ1n) is 6.44. The first-order chi connectivity index (χ1) is 7.35. The van der Waals surface area contributed by atoms with E-state index in [1.165, 1.54) is 0 Å². The molecule has 0 saturated carbocycles. The Kier molecular flexibility index (Phi) is 5.64. The third kappa shape index (κ3) is 7.02. The van der Waals surface area contributed by atoms with Crippen LogP contribution in [0.15, 0.2) is 0 Å². The van der Waals surface area contributed by atoms with E-state index in [4.69, 9.17) is 4.74 Å². The van der Waals surface area contributed by atoms with Gasteiger partial charge in [0.2, 0.25) is 0 Å². The normalized spacial score (nSPS) is 14.5. The van der Waals surface area contributed by atoms with Gasteiger partial charge in [0.1, 0.15) is 6.73 Å². The second kappa shape index (κ2) is 5.68. The van der Waals surface area contributed by atoms with Gasteiger partial charge in [-0.1, -0.05) is 20.8 Å². The molecule has 0 saturated heterocycles. The molecule has 0 unspecified atom stereocenters. The van der Waals surface area contributed by atoms with Crippen LogP contribution in [0.5, 0.6) is 0 Å². The van der Waals surface area contributed by atoms with Crippen molar-refractivity contribution in [3.8, 4) is 0 Å². The predicted molar refractivity (Wildman–Crippen MR) is 74.8 cm³/mol. The summed E-state index contributed by atoms with van der Waals surface area (Å²) >= 11 is 0. The Balaban J connectivity index is 4.00. The quantitative estimate of drug-likeness (QED) is 0.545. The van der Waals surface area contributed by atoms with Gasteiger partial charge in [0.15, 0.2) is 6.73 Å². The molecule has 0 aliphatic rings. The molecule has 0 amide bonds. The van der Waals surface area contributed by atoms with E-state index in [2.05, 4.69) is 67.6 Å². The summed E-state index contributed by atoms with van der Waals surface area (Å²) in [6, 6.07) is 0. The number of ether oxygens (including phenoxy) is 1. The molecule has 0 aromatic rings. The minimum absolute atomic E-state index is 0.211. The fourth-order valence-electron chi connectivity index (χ4n) is 1.47. The smallest absolute Gasteiger partial charge is 0.184 e. The summed E-state index contributed by atoms with van der Waals surface area (Å²) in [5, 5.41) is 0. The lowest BCUT2D eigenvalue weighted by Crippen LogP contribution is -2.55. The van der Waals surface area contributed by atoms with Crippen LogP contribution in [-0.4, -0.2) is 56.1 Å². The van der Waals surface area contributed by atoms with E-state index in [9.17, 15) is 0 Å². The lowest BCUT2D eigenvalue weighted by molar-refractivity contribution is -0.953. The van der Waals surface area contributed by atoms with Gasteiger partial charge in [-0.3, -0.25) is 4.90 Å². The van der Waals surface area contributed by atoms with Gasteiger partial charge in [-0.25, -0.2) is 0 Å². The summed E-state index contributed by atoms with van der Waals surface area (Å²) in [5.74, 6) is 0. The Morgan fingerprint density at radius 1 is 1.00 bits per heavy atom. The van der Waals surface area contributed by atoms with Gasteiger partial charge < -0.3 is 9.22 Å². The molecule has 104 valence electrons. The minimum Gasteiger partial charge on any atom is -0.316 e. The zero-order valence-corrected chi connectivity index (χ0v) is 13.4. The Morgan fingerprint density at radius 3 is 1.82 bits per heavy atom. The molecule has 0 fully saturated rings. The van der Waals surface area contributed by atoms with E-state index >= 15 is 0 Å². The molecule has 0 aliphatic heterocycles. The summed E-state index contributed by atoms with van der Waals surface area (Å²) < 4.78 is 6.70. The van der Waals surface area contributed by atoms with Gasteiger partial charge in [0, 0.05) is 6.54 Å².